The van der Waals surface area contributed by atoms with Crippen LogP contribution < -0.4 is 10.6 Å². The lowest BCUT2D eigenvalue weighted by Gasteiger charge is -2.17. The van der Waals surface area contributed by atoms with Gasteiger partial charge in [0.05, 0.1) is 17.9 Å². The second-order valence-corrected chi connectivity index (χ2v) is 7.29. The fraction of sp³-hybridized carbons (Fsp3) is 0.350. The second kappa shape index (κ2) is 10.6. The minimum absolute atomic E-state index is 0.148. The number of furan rings is 1. The summed E-state index contributed by atoms with van der Waals surface area (Å²) in [5.41, 5.74) is 0.921. The number of carbonyl (C=O) groups is 3. The molecule has 0 saturated heterocycles. The molecule has 1 aromatic carbocycles. The number of carbonyl (C=O) groups excluding carboxylic acids is 3. The lowest BCUT2D eigenvalue weighted by Crippen LogP contribution is -2.44. The van der Waals surface area contributed by atoms with Crippen LogP contribution in [0.2, 0.25) is 0 Å². The number of esters is 1. The largest absolute Gasteiger partial charge is 0.459 e. The SMILES string of the molecule is CSCCC(NC(=O)c1ccco1)C(=O)Nc1ccc(C(=O)OC(C)C)cc1. The molecule has 7 nitrogen and oxygen atoms in total. The summed E-state index contributed by atoms with van der Waals surface area (Å²) in [5, 5.41) is 5.46. The van der Waals surface area contributed by atoms with Crippen molar-refractivity contribution in [2.24, 2.45) is 0 Å². The molecule has 1 atom stereocenters. The minimum atomic E-state index is -0.712. The molecule has 0 radical (unpaired) electrons. The van der Waals surface area contributed by atoms with Crippen molar-refractivity contribution in [2.75, 3.05) is 17.3 Å². The van der Waals surface area contributed by atoms with Gasteiger partial charge in [-0.1, -0.05) is 0 Å². The van der Waals surface area contributed by atoms with E-state index >= 15 is 0 Å². The number of benzene rings is 1. The average Bonchev–Trinajstić information content (AvgIpc) is 3.19. The maximum absolute atomic E-state index is 12.6. The van der Waals surface area contributed by atoms with Gasteiger partial charge < -0.3 is 19.8 Å². The molecule has 2 aromatic rings. The molecular formula is C20H24N2O5S. The predicted molar refractivity (Wildman–Crippen MR) is 109 cm³/mol. The predicted octanol–water partition coefficient (Wildman–Crippen LogP) is 3.34. The van der Waals surface area contributed by atoms with Crippen LogP contribution in [-0.4, -0.2) is 41.9 Å². The van der Waals surface area contributed by atoms with Crippen molar-refractivity contribution in [2.45, 2.75) is 32.4 Å². The zero-order chi connectivity index (χ0) is 20.5. The Bertz CT molecular complexity index is 787. The Hall–Kier alpha value is -2.74. The molecule has 1 aromatic heterocycles. The molecule has 0 aliphatic carbocycles. The number of thioether (sulfide) groups is 1. The number of hydrogen-bond acceptors (Lipinski definition) is 6. The fourth-order valence-corrected chi connectivity index (χ4v) is 2.81. The van der Waals surface area contributed by atoms with Gasteiger partial charge in [0.1, 0.15) is 6.04 Å². The summed E-state index contributed by atoms with van der Waals surface area (Å²) in [6.45, 7) is 3.55. The summed E-state index contributed by atoms with van der Waals surface area (Å²) in [4.78, 5) is 36.7. The molecule has 0 saturated carbocycles. The summed E-state index contributed by atoms with van der Waals surface area (Å²) in [5.74, 6) is -0.354. The Labute approximate surface area is 168 Å². The van der Waals surface area contributed by atoms with E-state index in [4.69, 9.17) is 9.15 Å². The molecule has 1 unspecified atom stereocenters. The Morgan fingerprint density at radius 3 is 2.43 bits per heavy atom. The Morgan fingerprint density at radius 2 is 1.86 bits per heavy atom. The van der Waals surface area contributed by atoms with E-state index in [-0.39, 0.29) is 17.8 Å². The van der Waals surface area contributed by atoms with E-state index in [1.54, 1.807) is 55.9 Å². The molecule has 8 heteroatoms. The first-order chi connectivity index (χ1) is 13.4. The van der Waals surface area contributed by atoms with Gasteiger partial charge in [-0.05, 0) is 68.7 Å². The highest BCUT2D eigenvalue weighted by Gasteiger charge is 2.22. The maximum Gasteiger partial charge on any atom is 0.338 e. The molecule has 2 N–H and O–H groups in total. The van der Waals surface area contributed by atoms with Crippen LogP contribution in [0.1, 0.15) is 41.2 Å². The Kier molecular flexibility index (Phi) is 8.13. The summed E-state index contributed by atoms with van der Waals surface area (Å²) < 4.78 is 10.2. The number of ether oxygens (including phenoxy) is 1. The van der Waals surface area contributed by atoms with Crippen LogP contribution in [0.15, 0.2) is 47.1 Å². The molecule has 2 amide bonds. The monoisotopic (exact) mass is 404 g/mol. The summed E-state index contributed by atoms with van der Waals surface area (Å²) in [6.07, 6.45) is 3.59. The first-order valence-electron chi connectivity index (χ1n) is 8.86. The molecule has 150 valence electrons. The van der Waals surface area contributed by atoms with Gasteiger partial charge in [0, 0.05) is 5.69 Å². The van der Waals surface area contributed by atoms with Gasteiger partial charge in [-0.25, -0.2) is 4.79 Å². The topological polar surface area (TPSA) is 97.6 Å². The highest BCUT2D eigenvalue weighted by atomic mass is 32.2. The minimum Gasteiger partial charge on any atom is -0.459 e. The molecule has 0 bridgehead atoms. The van der Waals surface area contributed by atoms with Crippen LogP contribution in [0.5, 0.6) is 0 Å². The van der Waals surface area contributed by atoms with Crippen LogP contribution in [0, 0.1) is 0 Å². The molecule has 0 spiro atoms. The van der Waals surface area contributed by atoms with Gasteiger partial charge in [-0.3, -0.25) is 9.59 Å². The molecule has 0 aliphatic heterocycles. The standard InChI is InChI=1S/C20H24N2O5S/c1-13(2)27-20(25)14-6-8-15(9-7-14)21-18(23)16(10-12-28-3)22-19(24)17-5-4-11-26-17/h4-9,11,13,16H,10,12H2,1-3H3,(H,21,23)(H,22,24). The van der Waals surface area contributed by atoms with Crippen molar-refractivity contribution in [3.63, 3.8) is 0 Å². The first kappa shape index (κ1) is 21.6. The van der Waals surface area contributed by atoms with E-state index in [1.165, 1.54) is 12.3 Å². The van der Waals surface area contributed by atoms with E-state index in [0.29, 0.717) is 23.4 Å². The highest BCUT2D eigenvalue weighted by Crippen LogP contribution is 2.13. The highest BCUT2D eigenvalue weighted by molar-refractivity contribution is 7.98. The number of hydrogen-bond donors (Lipinski definition) is 2. The molecular weight excluding hydrogens is 380 g/mol. The second-order valence-electron chi connectivity index (χ2n) is 6.31. The number of amides is 2. The smallest absolute Gasteiger partial charge is 0.338 e. The van der Waals surface area contributed by atoms with Gasteiger partial charge in [0.15, 0.2) is 5.76 Å². The summed E-state index contributed by atoms with van der Waals surface area (Å²) in [6, 6.07) is 8.84. The lowest BCUT2D eigenvalue weighted by atomic mass is 10.1. The van der Waals surface area contributed by atoms with Crippen molar-refractivity contribution in [1.82, 2.24) is 5.32 Å². The maximum atomic E-state index is 12.6. The third-order valence-electron chi connectivity index (χ3n) is 3.71. The van der Waals surface area contributed by atoms with Crippen molar-refractivity contribution < 1.29 is 23.5 Å². The normalized spacial score (nSPS) is 11.7. The number of rotatable bonds is 9. The molecule has 0 fully saturated rings. The number of nitrogens with one attached hydrogen (secondary N) is 2. The fourth-order valence-electron chi connectivity index (χ4n) is 2.34. The van der Waals surface area contributed by atoms with Crippen molar-refractivity contribution in [1.29, 1.82) is 0 Å². The molecule has 28 heavy (non-hydrogen) atoms. The van der Waals surface area contributed by atoms with Crippen LogP contribution in [0.3, 0.4) is 0 Å². The quantitative estimate of drug-likeness (QED) is 0.622. The van der Waals surface area contributed by atoms with Crippen LogP contribution in [0.25, 0.3) is 0 Å². The first-order valence-corrected chi connectivity index (χ1v) is 10.2. The average molecular weight is 404 g/mol. The van der Waals surface area contributed by atoms with Gasteiger partial charge in [0.2, 0.25) is 5.91 Å². The van der Waals surface area contributed by atoms with E-state index in [0.717, 1.165) is 0 Å². The van der Waals surface area contributed by atoms with E-state index < -0.39 is 17.9 Å². The summed E-state index contributed by atoms with van der Waals surface area (Å²) in [7, 11) is 0. The molecule has 0 aliphatic rings. The lowest BCUT2D eigenvalue weighted by molar-refractivity contribution is -0.118. The zero-order valence-corrected chi connectivity index (χ0v) is 16.9. The van der Waals surface area contributed by atoms with Crippen molar-refractivity contribution >= 4 is 35.2 Å². The molecule has 1 heterocycles. The Balaban J connectivity index is 2.01. The van der Waals surface area contributed by atoms with E-state index in [1.807, 2.05) is 6.26 Å². The number of anilines is 1. The zero-order valence-electron chi connectivity index (χ0n) is 16.1. The Morgan fingerprint density at radius 1 is 1.14 bits per heavy atom. The van der Waals surface area contributed by atoms with E-state index in [2.05, 4.69) is 10.6 Å². The van der Waals surface area contributed by atoms with E-state index in [9.17, 15) is 14.4 Å². The van der Waals surface area contributed by atoms with Crippen LogP contribution in [-0.2, 0) is 9.53 Å². The third-order valence-corrected chi connectivity index (χ3v) is 4.35. The van der Waals surface area contributed by atoms with Crippen molar-refractivity contribution in [3.8, 4) is 0 Å². The molecule has 2 rings (SSSR count). The van der Waals surface area contributed by atoms with Crippen molar-refractivity contribution in [3.05, 3.63) is 54.0 Å². The van der Waals surface area contributed by atoms with Gasteiger partial charge in [0.25, 0.3) is 5.91 Å². The summed E-state index contributed by atoms with van der Waals surface area (Å²) >= 11 is 1.58. The van der Waals surface area contributed by atoms with Crippen LogP contribution >= 0.6 is 11.8 Å². The van der Waals surface area contributed by atoms with Crippen LogP contribution in [0.4, 0.5) is 5.69 Å². The van der Waals surface area contributed by atoms with Gasteiger partial charge in [-0.2, -0.15) is 11.8 Å². The van der Waals surface area contributed by atoms with Gasteiger partial charge >= 0.3 is 5.97 Å². The van der Waals surface area contributed by atoms with Gasteiger partial charge in [-0.15, -0.1) is 0 Å². The third kappa shape index (κ3) is 6.45.